The maximum absolute atomic E-state index is 12.9. The van der Waals surface area contributed by atoms with E-state index in [9.17, 15) is 14.7 Å². The Morgan fingerprint density at radius 2 is 1.41 bits per heavy atom. The zero-order valence-electron chi connectivity index (χ0n) is 16.8. The molecule has 2 aromatic carbocycles. The van der Waals surface area contributed by atoms with Crippen molar-refractivity contribution >= 4 is 28.8 Å². The van der Waals surface area contributed by atoms with Crippen LogP contribution in [0.2, 0.25) is 0 Å². The van der Waals surface area contributed by atoms with E-state index in [0.29, 0.717) is 11.3 Å². The van der Waals surface area contributed by atoms with Gasteiger partial charge in [-0.1, -0.05) is 36.8 Å². The number of carbonyl (C=O) groups excluding carboxylic acids is 2. The van der Waals surface area contributed by atoms with Crippen molar-refractivity contribution in [2.75, 3.05) is 42.5 Å². The first-order valence-electron chi connectivity index (χ1n) is 9.96. The molecular formula is C23H25N3O3. The monoisotopic (exact) mass is 391 g/mol. The average molecular weight is 391 g/mol. The number of nitrogens with zero attached hydrogens (tertiary/aromatic N) is 3. The third kappa shape index (κ3) is 3.51. The minimum atomic E-state index is -0.685. The molecule has 6 heteroatoms. The minimum absolute atomic E-state index is 0.0507. The second-order valence-electron chi connectivity index (χ2n) is 7.47. The number of benzene rings is 2. The molecule has 0 spiro atoms. The van der Waals surface area contributed by atoms with Gasteiger partial charge in [0.05, 0.1) is 11.3 Å². The molecule has 0 aliphatic carbocycles. The zero-order chi connectivity index (χ0) is 20.5. The SMILES string of the molecule is CCN1CCN(c2ccc(N3C(=O)C(O)=C(c4ccc(C)cc4)C3=O)cc2)CC1. The average Bonchev–Trinajstić information content (AvgIpc) is 2.97. The van der Waals surface area contributed by atoms with E-state index in [-0.39, 0.29) is 5.57 Å². The van der Waals surface area contributed by atoms with Gasteiger partial charge in [0.1, 0.15) is 0 Å². The van der Waals surface area contributed by atoms with Crippen LogP contribution < -0.4 is 9.80 Å². The number of piperazine rings is 1. The Hall–Kier alpha value is -3.12. The molecule has 1 N–H and O–H groups in total. The zero-order valence-corrected chi connectivity index (χ0v) is 16.8. The third-order valence-electron chi connectivity index (χ3n) is 5.69. The summed E-state index contributed by atoms with van der Waals surface area (Å²) >= 11 is 0. The van der Waals surface area contributed by atoms with Crippen molar-refractivity contribution < 1.29 is 14.7 Å². The lowest BCUT2D eigenvalue weighted by Crippen LogP contribution is -2.46. The molecule has 0 atom stereocenters. The Kier molecular flexibility index (Phi) is 5.11. The Labute approximate surface area is 170 Å². The van der Waals surface area contributed by atoms with Gasteiger partial charge >= 0.3 is 5.91 Å². The van der Waals surface area contributed by atoms with Crippen LogP contribution >= 0.6 is 0 Å². The lowest BCUT2D eigenvalue weighted by Gasteiger charge is -2.35. The van der Waals surface area contributed by atoms with Gasteiger partial charge < -0.3 is 14.9 Å². The molecule has 2 aliphatic heterocycles. The van der Waals surface area contributed by atoms with E-state index < -0.39 is 17.6 Å². The molecule has 2 aliphatic rings. The summed E-state index contributed by atoms with van der Waals surface area (Å²) in [6, 6.07) is 14.6. The van der Waals surface area contributed by atoms with E-state index >= 15 is 0 Å². The van der Waals surface area contributed by atoms with Gasteiger partial charge in [0.25, 0.3) is 5.91 Å². The summed E-state index contributed by atoms with van der Waals surface area (Å²) in [6.07, 6.45) is 0. The summed E-state index contributed by atoms with van der Waals surface area (Å²) in [7, 11) is 0. The lowest BCUT2D eigenvalue weighted by atomic mass is 10.0. The second kappa shape index (κ2) is 7.72. The topological polar surface area (TPSA) is 64.1 Å². The second-order valence-corrected chi connectivity index (χ2v) is 7.47. The van der Waals surface area contributed by atoms with E-state index in [1.165, 1.54) is 0 Å². The summed E-state index contributed by atoms with van der Waals surface area (Å²) in [6.45, 7) is 9.13. The Morgan fingerprint density at radius 3 is 2.00 bits per heavy atom. The van der Waals surface area contributed by atoms with Crippen LogP contribution in [-0.2, 0) is 9.59 Å². The predicted octanol–water partition coefficient (Wildman–Crippen LogP) is 2.98. The van der Waals surface area contributed by atoms with E-state index in [1.807, 2.05) is 31.2 Å². The molecule has 0 aromatic heterocycles. The molecule has 4 rings (SSSR count). The van der Waals surface area contributed by atoms with Crippen molar-refractivity contribution in [3.63, 3.8) is 0 Å². The van der Waals surface area contributed by atoms with E-state index in [4.69, 9.17) is 0 Å². The molecule has 6 nitrogen and oxygen atoms in total. The first-order chi connectivity index (χ1) is 14.0. The number of likely N-dealkylation sites (N-methyl/N-ethyl adjacent to an activating group) is 1. The maximum Gasteiger partial charge on any atom is 0.301 e. The van der Waals surface area contributed by atoms with E-state index in [1.54, 1.807) is 24.3 Å². The standard InChI is InChI=1S/C23H25N3O3/c1-3-24-12-14-25(15-13-24)18-8-10-19(11-9-18)26-22(28)20(21(27)23(26)29)17-6-4-16(2)5-7-17/h4-11,27H,3,12-15H2,1-2H3. The molecule has 1 saturated heterocycles. The van der Waals surface area contributed by atoms with Crippen LogP contribution in [0.5, 0.6) is 0 Å². The summed E-state index contributed by atoms with van der Waals surface area (Å²) in [4.78, 5) is 31.3. The predicted molar refractivity (Wildman–Crippen MR) is 114 cm³/mol. The van der Waals surface area contributed by atoms with Crippen LogP contribution in [0.15, 0.2) is 54.3 Å². The maximum atomic E-state index is 12.9. The van der Waals surface area contributed by atoms with Crippen molar-refractivity contribution in [3.8, 4) is 0 Å². The summed E-state index contributed by atoms with van der Waals surface area (Å²) in [5.41, 5.74) is 3.16. The van der Waals surface area contributed by atoms with Gasteiger partial charge in [0, 0.05) is 31.9 Å². The molecule has 0 unspecified atom stereocenters. The first kappa shape index (κ1) is 19.2. The van der Waals surface area contributed by atoms with E-state index in [0.717, 1.165) is 48.9 Å². The van der Waals surface area contributed by atoms with Crippen molar-refractivity contribution in [2.24, 2.45) is 0 Å². The molecule has 2 aromatic rings. The van der Waals surface area contributed by atoms with Crippen LogP contribution in [-0.4, -0.2) is 54.5 Å². The van der Waals surface area contributed by atoms with E-state index in [2.05, 4.69) is 16.7 Å². The first-order valence-corrected chi connectivity index (χ1v) is 9.96. The molecule has 150 valence electrons. The van der Waals surface area contributed by atoms with Gasteiger partial charge in [-0.2, -0.15) is 0 Å². The van der Waals surface area contributed by atoms with Crippen LogP contribution in [0.4, 0.5) is 11.4 Å². The fraction of sp³-hybridized carbons (Fsp3) is 0.304. The highest BCUT2D eigenvalue weighted by Gasteiger charge is 2.40. The molecule has 2 heterocycles. The van der Waals surface area contributed by atoms with Crippen LogP contribution in [0.3, 0.4) is 0 Å². The fourth-order valence-electron chi connectivity index (χ4n) is 3.87. The molecule has 1 fully saturated rings. The number of aliphatic hydroxyl groups excluding tert-OH is 1. The largest absolute Gasteiger partial charge is 0.502 e. The minimum Gasteiger partial charge on any atom is -0.502 e. The highest BCUT2D eigenvalue weighted by Crippen LogP contribution is 2.33. The number of rotatable bonds is 4. The third-order valence-corrected chi connectivity index (χ3v) is 5.69. The Balaban J connectivity index is 1.54. The quantitative estimate of drug-likeness (QED) is 0.812. The van der Waals surface area contributed by atoms with Gasteiger partial charge in [-0.05, 0) is 43.3 Å². The highest BCUT2D eigenvalue weighted by molar-refractivity contribution is 6.44. The smallest absolute Gasteiger partial charge is 0.301 e. The summed E-state index contributed by atoms with van der Waals surface area (Å²) < 4.78 is 0. The number of aliphatic hydroxyl groups is 1. The number of hydrogen-bond donors (Lipinski definition) is 1. The number of anilines is 2. The Bertz CT molecular complexity index is 956. The number of amides is 2. The highest BCUT2D eigenvalue weighted by atomic mass is 16.3. The van der Waals surface area contributed by atoms with Crippen molar-refractivity contribution in [1.29, 1.82) is 0 Å². The molecule has 0 saturated carbocycles. The summed E-state index contributed by atoms with van der Waals surface area (Å²) in [5.74, 6) is -1.69. The van der Waals surface area contributed by atoms with Gasteiger partial charge in [0.15, 0.2) is 5.76 Å². The van der Waals surface area contributed by atoms with Crippen molar-refractivity contribution in [1.82, 2.24) is 4.90 Å². The molecule has 29 heavy (non-hydrogen) atoms. The van der Waals surface area contributed by atoms with Crippen LogP contribution in [0.1, 0.15) is 18.1 Å². The van der Waals surface area contributed by atoms with Crippen molar-refractivity contribution in [3.05, 3.63) is 65.4 Å². The van der Waals surface area contributed by atoms with Crippen LogP contribution in [0, 0.1) is 6.92 Å². The summed E-state index contributed by atoms with van der Waals surface area (Å²) in [5, 5.41) is 10.3. The fourth-order valence-corrected chi connectivity index (χ4v) is 3.87. The van der Waals surface area contributed by atoms with Crippen LogP contribution in [0.25, 0.3) is 5.57 Å². The lowest BCUT2D eigenvalue weighted by molar-refractivity contribution is -0.121. The number of carbonyl (C=O) groups is 2. The van der Waals surface area contributed by atoms with Crippen molar-refractivity contribution in [2.45, 2.75) is 13.8 Å². The van der Waals surface area contributed by atoms with Gasteiger partial charge in [0.2, 0.25) is 0 Å². The molecular weight excluding hydrogens is 366 g/mol. The molecule has 2 amide bonds. The number of imide groups is 1. The molecule has 0 radical (unpaired) electrons. The van der Waals surface area contributed by atoms with Gasteiger partial charge in [-0.3, -0.25) is 9.59 Å². The normalized spacial score (nSPS) is 18.1. The van der Waals surface area contributed by atoms with Gasteiger partial charge in [-0.25, -0.2) is 4.90 Å². The number of hydrogen-bond acceptors (Lipinski definition) is 5. The van der Waals surface area contributed by atoms with Gasteiger partial charge in [-0.15, -0.1) is 0 Å². The number of aryl methyl sites for hydroxylation is 1. The Morgan fingerprint density at radius 1 is 0.828 bits per heavy atom. The molecule has 0 bridgehead atoms.